The van der Waals surface area contributed by atoms with Crippen LogP contribution in [0.3, 0.4) is 0 Å². The predicted octanol–water partition coefficient (Wildman–Crippen LogP) is 1.64. The number of halogens is 1. The molecular weight excluding hydrogens is 220 g/mol. The molecule has 1 aliphatic rings. The van der Waals surface area contributed by atoms with Gasteiger partial charge in [0.15, 0.2) is 0 Å². The molecule has 15 heavy (non-hydrogen) atoms. The van der Waals surface area contributed by atoms with E-state index in [0.717, 1.165) is 0 Å². The number of ether oxygens (including phenoxy) is 1. The fourth-order valence-corrected chi connectivity index (χ4v) is 1.74. The SMILES string of the molecule is C[C@H]1OC(=O)c2c(ccc(Cl)c2O)[C@@H]1O. The van der Waals surface area contributed by atoms with Gasteiger partial charge in [-0.05, 0) is 13.0 Å². The Kier molecular flexibility index (Phi) is 2.32. The summed E-state index contributed by atoms with van der Waals surface area (Å²) in [4.78, 5) is 11.5. The number of aliphatic hydroxyl groups excluding tert-OH is 1. The number of aliphatic hydroxyl groups is 1. The second-order valence-corrected chi connectivity index (χ2v) is 3.82. The minimum atomic E-state index is -0.930. The molecule has 0 amide bonds. The van der Waals surface area contributed by atoms with Crippen molar-refractivity contribution in [3.05, 3.63) is 28.3 Å². The van der Waals surface area contributed by atoms with E-state index >= 15 is 0 Å². The summed E-state index contributed by atoms with van der Waals surface area (Å²) in [6, 6.07) is 2.95. The van der Waals surface area contributed by atoms with E-state index in [1.54, 1.807) is 6.92 Å². The van der Waals surface area contributed by atoms with E-state index in [-0.39, 0.29) is 16.3 Å². The molecule has 0 aliphatic carbocycles. The van der Waals surface area contributed by atoms with Crippen LogP contribution in [0.25, 0.3) is 0 Å². The first kappa shape index (κ1) is 10.3. The van der Waals surface area contributed by atoms with Crippen LogP contribution < -0.4 is 0 Å². The number of esters is 1. The van der Waals surface area contributed by atoms with Crippen molar-refractivity contribution in [1.82, 2.24) is 0 Å². The Hall–Kier alpha value is -1.26. The van der Waals surface area contributed by atoms with Gasteiger partial charge in [0.05, 0.1) is 5.02 Å². The molecule has 5 heteroatoms. The standard InChI is InChI=1S/C10H9ClO4/c1-4-8(12)5-2-3-6(11)9(13)7(5)10(14)15-4/h2-4,8,12-13H,1H3/t4-,8-/m1/s1. The van der Waals surface area contributed by atoms with Crippen LogP contribution in [-0.2, 0) is 4.74 Å². The van der Waals surface area contributed by atoms with Gasteiger partial charge in [0, 0.05) is 5.56 Å². The predicted molar refractivity (Wildman–Crippen MR) is 53.0 cm³/mol. The van der Waals surface area contributed by atoms with E-state index in [4.69, 9.17) is 16.3 Å². The quantitative estimate of drug-likeness (QED) is 0.663. The largest absolute Gasteiger partial charge is 0.505 e. The molecule has 1 aromatic carbocycles. The third kappa shape index (κ3) is 1.46. The fraction of sp³-hybridized carbons (Fsp3) is 0.300. The molecule has 0 fully saturated rings. The number of phenolic OH excluding ortho intramolecular Hbond substituents is 1. The summed E-state index contributed by atoms with van der Waals surface area (Å²) in [5.74, 6) is -1.01. The molecule has 2 rings (SSSR count). The number of hydrogen-bond acceptors (Lipinski definition) is 4. The van der Waals surface area contributed by atoms with Crippen molar-refractivity contribution in [1.29, 1.82) is 0 Å². The van der Waals surface area contributed by atoms with Gasteiger partial charge in [0.25, 0.3) is 0 Å². The fourth-order valence-electron chi connectivity index (χ4n) is 1.59. The Morgan fingerprint density at radius 1 is 1.47 bits per heavy atom. The van der Waals surface area contributed by atoms with Gasteiger partial charge in [0.2, 0.25) is 0 Å². The number of phenols is 1. The van der Waals surface area contributed by atoms with Crippen LogP contribution in [-0.4, -0.2) is 22.3 Å². The number of rotatable bonds is 0. The molecule has 2 N–H and O–H groups in total. The van der Waals surface area contributed by atoms with E-state index in [1.165, 1.54) is 12.1 Å². The summed E-state index contributed by atoms with van der Waals surface area (Å²) >= 11 is 5.66. The highest BCUT2D eigenvalue weighted by molar-refractivity contribution is 6.32. The Bertz CT molecular complexity index is 430. The molecule has 0 unspecified atom stereocenters. The maximum atomic E-state index is 11.5. The average molecular weight is 229 g/mol. The zero-order valence-electron chi connectivity index (χ0n) is 7.90. The number of fused-ring (bicyclic) bond motifs is 1. The second kappa shape index (κ2) is 3.40. The number of cyclic esters (lactones) is 1. The normalized spacial score (nSPS) is 24.6. The van der Waals surface area contributed by atoms with Crippen LogP contribution in [0.5, 0.6) is 5.75 Å². The summed E-state index contributed by atoms with van der Waals surface area (Å²) in [7, 11) is 0. The van der Waals surface area contributed by atoms with Gasteiger partial charge >= 0.3 is 5.97 Å². The Labute approximate surface area is 91.1 Å². The lowest BCUT2D eigenvalue weighted by Crippen LogP contribution is -2.29. The smallest absolute Gasteiger partial charge is 0.342 e. The molecule has 4 nitrogen and oxygen atoms in total. The molecule has 2 atom stereocenters. The van der Waals surface area contributed by atoms with Crippen molar-refractivity contribution in [2.45, 2.75) is 19.1 Å². The Morgan fingerprint density at radius 2 is 2.13 bits per heavy atom. The molecule has 0 spiro atoms. The zero-order valence-corrected chi connectivity index (χ0v) is 8.65. The molecule has 0 bridgehead atoms. The molecule has 80 valence electrons. The summed E-state index contributed by atoms with van der Waals surface area (Å²) < 4.78 is 4.85. The molecule has 1 aromatic rings. The van der Waals surface area contributed by atoms with Crippen molar-refractivity contribution in [3.8, 4) is 5.75 Å². The van der Waals surface area contributed by atoms with Crippen LogP contribution in [0.4, 0.5) is 0 Å². The first-order valence-corrected chi connectivity index (χ1v) is 4.80. The maximum Gasteiger partial charge on any atom is 0.342 e. The summed E-state index contributed by atoms with van der Waals surface area (Å²) in [5.41, 5.74) is 0.300. The van der Waals surface area contributed by atoms with Gasteiger partial charge in [-0.3, -0.25) is 0 Å². The summed E-state index contributed by atoms with van der Waals surface area (Å²) in [5, 5.41) is 19.4. The zero-order chi connectivity index (χ0) is 11.2. The lowest BCUT2D eigenvalue weighted by Gasteiger charge is -2.27. The summed E-state index contributed by atoms with van der Waals surface area (Å²) in [6.07, 6.45) is -1.55. The van der Waals surface area contributed by atoms with Crippen LogP contribution in [0, 0.1) is 0 Å². The van der Waals surface area contributed by atoms with Crippen LogP contribution in [0.1, 0.15) is 28.9 Å². The van der Waals surface area contributed by atoms with Gasteiger partial charge in [0.1, 0.15) is 23.5 Å². The number of aromatic hydroxyl groups is 1. The monoisotopic (exact) mass is 228 g/mol. The molecule has 0 saturated carbocycles. The lowest BCUT2D eigenvalue weighted by atomic mass is 9.96. The second-order valence-electron chi connectivity index (χ2n) is 3.42. The van der Waals surface area contributed by atoms with Crippen molar-refractivity contribution >= 4 is 17.6 Å². The van der Waals surface area contributed by atoms with Gasteiger partial charge < -0.3 is 14.9 Å². The molecule has 0 saturated heterocycles. The van der Waals surface area contributed by atoms with Gasteiger partial charge in [-0.1, -0.05) is 17.7 Å². The third-order valence-corrected chi connectivity index (χ3v) is 2.73. The highest BCUT2D eigenvalue weighted by Crippen LogP contribution is 2.38. The molecular formula is C10H9ClO4. The van der Waals surface area contributed by atoms with Crippen LogP contribution >= 0.6 is 11.6 Å². The number of benzene rings is 1. The first-order chi connectivity index (χ1) is 7.02. The Balaban J connectivity index is 2.66. The Morgan fingerprint density at radius 3 is 2.80 bits per heavy atom. The van der Waals surface area contributed by atoms with E-state index in [9.17, 15) is 15.0 Å². The molecule has 0 aromatic heterocycles. The minimum Gasteiger partial charge on any atom is -0.505 e. The van der Waals surface area contributed by atoms with Crippen LogP contribution in [0.2, 0.25) is 5.02 Å². The maximum absolute atomic E-state index is 11.5. The van der Waals surface area contributed by atoms with Gasteiger partial charge in [-0.25, -0.2) is 4.79 Å². The van der Waals surface area contributed by atoms with Crippen molar-refractivity contribution in [2.75, 3.05) is 0 Å². The average Bonchev–Trinajstić information content (AvgIpc) is 2.18. The van der Waals surface area contributed by atoms with E-state index in [2.05, 4.69) is 0 Å². The molecule has 1 aliphatic heterocycles. The third-order valence-electron chi connectivity index (χ3n) is 2.42. The van der Waals surface area contributed by atoms with Gasteiger partial charge in [-0.15, -0.1) is 0 Å². The lowest BCUT2D eigenvalue weighted by molar-refractivity contribution is -0.0216. The number of carbonyl (C=O) groups excluding carboxylic acids is 1. The minimum absolute atomic E-state index is 0.0481. The topological polar surface area (TPSA) is 66.8 Å². The van der Waals surface area contributed by atoms with E-state index in [0.29, 0.717) is 5.56 Å². The van der Waals surface area contributed by atoms with Crippen molar-refractivity contribution in [3.63, 3.8) is 0 Å². The molecule has 1 heterocycles. The van der Waals surface area contributed by atoms with E-state index < -0.39 is 18.2 Å². The van der Waals surface area contributed by atoms with E-state index in [1.807, 2.05) is 0 Å². The number of hydrogen-bond donors (Lipinski definition) is 2. The van der Waals surface area contributed by atoms with Crippen molar-refractivity contribution < 1.29 is 19.7 Å². The highest BCUT2D eigenvalue weighted by Gasteiger charge is 2.34. The summed E-state index contributed by atoms with van der Waals surface area (Å²) in [6.45, 7) is 1.58. The van der Waals surface area contributed by atoms with Crippen molar-refractivity contribution in [2.24, 2.45) is 0 Å². The van der Waals surface area contributed by atoms with Gasteiger partial charge in [-0.2, -0.15) is 0 Å². The highest BCUT2D eigenvalue weighted by atomic mass is 35.5. The van der Waals surface area contributed by atoms with Crippen LogP contribution in [0.15, 0.2) is 12.1 Å². The number of carbonyl (C=O) groups is 1. The molecule has 0 radical (unpaired) electrons. The first-order valence-electron chi connectivity index (χ1n) is 4.42.